The van der Waals surface area contributed by atoms with E-state index >= 15 is 0 Å². The van der Waals surface area contributed by atoms with Crippen molar-refractivity contribution in [3.8, 4) is 0 Å². The zero-order chi connectivity index (χ0) is 15.2. The number of benzene rings is 1. The molecule has 1 N–H and O–H groups in total. The number of amides is 2. The highest BCUT2D eigenvalue weighted by Crippen LogP contribution is 2.30. The lowest BCUT2D eigenvalue weighted by atomic mass is 10.2. The topological polar surface area (TPSA) is 60.9 Å². The lowest BCUT2D eigenvalue weighted by Crippen LogP contribution is -2.45. The number of carbonyl (C=O) groups is 2. The number of hydrogen-bond acceptors (Lipinski definition) is 2. The van der Waals surface area contributed by atoms with E-state index in [1.807, 2.05) is 42.2 Å². The van der Waals surface area contributed by atoms with Gasteiger partial charge in [-0.25, -0.2) is 4.79 Å². The van der Waals surface area contributed by atoms with Crippen LogP contribution in [-0.4, -0.2) is 41.6 Å². The Bertz CT molecular complexity index is 486. The first kappa shape index (κ1) is 15.4. The smallest absolute Gasteiger partial charge is 0.324 e. The molecule has 21 heavy (non-hydrogen) atoms. The summed E-state index contributed by atoms with van der Waals surface area (Å²) in [5.41, 5.74) is 0.748. The Hall–Kier alpha value is -2.04. The molecule has 114 valence electrons. The van der Waals surface area contributed by atoms with Crippen LogP contribution in [0.3, 0.4) is 0 Å². The lowest BCUT2D eigenvalue weighted by Gasteiger charge is -2.30. The summed E-state index contributed by atoms with van der Waals surface area (Å²) >= 11 is 0. The van der Waals surface area contributed by atoms with Crippen molar-refractivity contribution in [2.45, 2.75) is 26.2 Å². The van der Waals surface area contributed by atoms with Crippen molar-refractivity contribution in [2.24, 2.45) is 5.92 Å². The average molecular weight is 290 g/mol. The van der Waals surface area contributed by atoms with Crippen LogP contribution in [0.15, 0.2) is 30.3 Å². The van der Waals surface area contributed by atoms with Crippen LogP contribution in [0.1, 0.15) is 26.2 Å². The molecule has 2 rings (SSSR count). The van der Waals surface area contributed by atoms with Gasteiger partial charge in [-0.2, -0.15) is 0 Å². The third kappa shape index (κ3) is 4.48. The van der Waals surface area contributed by atoms with E-state index in [0.29, 0.717) is 12.5 Å². The molecule has 1 aliphatic carbocycles. The molecule has 1 saturated carbocycles. The number of para-hydroxylation sites is 1. The fraction of sp³-hybridized carbons (Fsp3) is 0.500. The first-order valence-electron chi connectivity index (χ1n) is 7.45. The average Bonchev–Trinajstić information content (AvgIpc) is 3.29. The van der Waals surface area contributed by atoms with Gasteiger partial charge in [0.25, 0.3) is 0 Å². The molecule has 5 heteroatoms. The van der Waals surface area contributed by atoms with Crippen molar-refractivity contribution in [3.63, 3.8) is 0 Å². The van der Waals surface area contributed by atoms with Crippen molar-refractivity contribution in [1.29, 1.82) is 0 Å². The van der Waals surface area contributed by atoms with Crippen LogP contribution in [0.2, 0.25) is 0 Å². The zero-order valence-corrected chi connectivity index (χ0v) is 12.4. The molecule has 1 fully saturated rings. The number of hydrogen-bond donors (Lipinski definition) is 1. The molecule has 0 spiro atoms. The summed E-state index contributed by atoms with van der Waals surface area (Å²) in [6.07, 6.45) is 2.32. The molecule has 0 aliphatic heterocycles. The summed E-state index contributed by atoms with van der Waals surface area (Å²) < 4.78 is 0. The Morgan fingerprint density at radius 3 is 2.43 bits per heavy atom. The van der Waals surface area contributed by atoms with Gasteiger partial charge in [-0.1, -0.05) is 18.2 Å². The second kappa shape index (κ2) is 7.11. The number of carbonyl (C=O) groups excluding carboxylic acids is 1. The number of carboxylic acid groups (broad SMARTS) is 1. The van der Waals surface area contributed by atoms with Crippen LogP contribution in [0.25, 0.3) is 0 Å². The summed E-state index contributed by atoms with van der Waals surface area (Å²) in [6, 6.07) is 9.17. The molecule has 5 nitrogen and oxygen atoms in total. The second-order valence-corrected chi connectivity index (χ2v) is 5.40. The fourth-order valence-corrected chi connectivity index (χ4v) is 2.28. The molecule has 0 radical (unpaired) electrons. The highest BCUT2D eigenvalue weighted by Gasteiger charge is 2.28. The normalized spacial score (nSPS) is 13.8. The summed E-state index contributed by atoms with van der Waals surface area (Å²) in [5.74, 6) is -0.278. The lowest BCUT2D eigenvalue weighted by molar-refractivity contribution is -0.136. The number of nitrogens with zero attached hydrogens (tertiary/aromatic N) is 2. The second-order valence-electron chi connectivity index (χ2n) is 5.40. The van der Waals surface area contributed by atoms with E-state index in [1.165, 1.54) is 12.8 Å². The fourth-order valence-electron chi connectivity index (χ4n) is 2.28. The Morgan fingerprint density at radius 2 is 1.90 bits per heavy atom. The van der Waals surface area contributed by atoms with Gasteiger partial charge in [-0.15, -0.1) is 0 Å². The van der Waals surface area contributed by atoms with Crippen LogP contribution in [-0.2, 0) is 4.79 Å². The standard InChI is InChI=1S/C16H22N2O3/c1-2-17(12-13-8-9-13)16(21)18(11-10-15(19)20)14-6-4-3-5-7-14/h3-7,13H,2,8-12H2,1H3,(H,19,20). The quantitative estimate of drug-likeness (QED) is 0.840. The minimum Gasteiger partial charge on any atom is -0.481 e. The Kier molecular flexibility index (Phi) is 5.20. The molecule has 2 amide bonds. The largest absolute Gasteiger partial charge is 0.481 e. The van der Waals surface area contributed by atoms with E-state index in [0.717, 1.165) is 12.2 Å². The first-order valence-corrected chi connectivity index (χ1v) is 7.45. The molecule has 0 saturated heterocycles. The van der Waals surface area contributed by atoms with Gasteiger partial charge >= 0.3 is 12.0 Å². The molecular formula is C16H22N2O3. The molecule has 0 heterocycles. The molecule has 0 unspecified atom stereocenters. The van der Waals surface area contributed by atoms with E-state index in [-0.39, 0.29) is 19.0 Å². The van der Waals surface area contributed by atoms with Crippen LogP contribution < -0.4 is 4.90 Å². The molecular weight excluding hydrogens is 268 g/mol. The van der Waals surface area contributed by atoms with Gasteiger partial charge in [-0.3, -0.25) is 9.69 Å². The van der Waals surface area contributed by atoms with Gasteiger partial charge in [-0.05, 0) is 37.8 Å². The van der Waals surface area contributed by atoms with Gasteiger partial charge in [0, 0.05) is 25.3 Å². The van der Waals surface area contributed by atoms with Crippen LogP contribution >= 0.6 is 0 Å². The van der Waals surface area contributed by atoms with Crippen molar-refractivity contribution in [2.75, 3.05) is 24.5 Å². The van der Waals surface area contributed by atoms with E-state index < -0.39 is 5.97 Å². The van der Waals surface area contributed by atoms with E-state index in [2.05, 4.69) is 0 Å². The molecule has 1 aromatic carbocycles. The van der Waals surface area contributed by atoms with Gasteiger partial charge < -0.3 is 10.0 Å². The summed E-state index contributed by atoms with van der Waals surface area (Å²) in [6.45, 7) is 3.57. The van der Waals surface area contributed by atoms with Gasteiger partial charge in [0.15, 0.2) is 0 Å². The Labute approximate surface area is 125 Å². The number of carboxylic acids is 1. The van der Waals surface area contributed by atoms with Gasteiger partial charge in [0.2, 0.25) is 0 Å². The monoisotopic (exact) mass is 290 g/mol. The minimum absolute atomic E-state index is 0.0540. The number of urea groups is 1. The molecule has 0 aromatic heterocycles. The van der Waals surface area contributed by atoms with Gasteiger partial charge in [0.05, 0.1) is 6.42 Å². The minimum atomic E-state index is -0.894. The molecule has 1 aromatic rings. The number of anilines is 1. The number of aliphatic carboxylic acids is 1. The van der Waals surface area contributed by atoms with Gasteiger partial charge in [0.1, 0.15) is 0 Å². The van der Waals surface area contributed by atoms with Crippen molar-refractivity contribution in [3.05, 3.63) is 30.3 Å². The maximum absolute atomic E-state index is 12.7. The third-order valence-corrected chi connectivity index (χ3v) is 3.68. The Balaban J connectivity index is 2.12. The third-order valence-electron chi connectivity index (χ3n) is 3.68. The summed E-state index contributed by atoms with van der Waals surface area (Å²) in [4.78, 5) is 26.9. The highest BCUT2D eigenvalue weighted by atomic mass is 16.4. The van der Waals surface area contributed by atoms with Crippen molar-refractivity contribution in [1.82, 2.24) is 4.90 Å². The molecule has 0 atom stereocenters. The van der Waals surface area contributed by atoms with Crippen molar-refractivity contribution < 1.29 is 14.7 Å². The van der Waals surface area contributed by atoms with Crippen LogP contribution in [0.4, 0.5) is 10.5 Å². The predicted molar refractivity (Wildman–Crippen MR) is 81.4 cm³/mol. The molecule has 0 bridgehead atoms. The summed E-state index contributed by atoms with van der Waals surface area (Å²) in [7, 11) is 0. The first-order chi connectivity index (χ1) is 10.1. The SMILES string of the molecule is CCN(CC1CC1)C(=O)N(CCC(=O)O)c1ccccc1. The Morgan fingerprint density at radius 1 is 1.24 bits per heavy atom. The van der Waals surface area contributed by atoms with E-state index in [9.17, 15) is 9.59 Å². The van der Waals surface area contributed by atoms with Crippen molar-refractivity contribution >= 4 is 17.7 Å². The maximum atomic E-state index is 12.7. The van der Waals surface area contributed by atoms with Crippen LogP contribution in [0.5, 0.6) is 0 Å². The van der Waals surface area contributed by atoms with E-state index in [1.54, 1.807) is 4.90 Å². The predicted octanol–water partition coefficient (Wildman–Crippen LogP) is 2.82. The molecule has 1 aliphatic rings. The maximum Gasteiger partial charge on any atom is 0.324 e. The summed E-state index contributed by atoms with van der Waals surface area (Å²) in [5, 5.41) is 8.89. The number of rotatable bonds is 7. The van der Waals surface area contributed by atoms with Crippen LogP contribution in [0, 0.1) is 5.92 Å². The highest BCUT2D eigenvalue weighted by molar-refractivity contribution is 5.92. The van der Waals surface area contributed by atoms with E-state index in [4.69, 9.17) is 5.11 Å². The zero-order valence-electron chi connectivity index (χ0n) is 12.4.